The van der Waals surface area contributed by atoms with E-state index in [1.807, 2.05) is 6.92 Å². The minimum Gasteiger partial charge on any atom is -0.391 e. The van der Waals surface area contributed by atoms with Gasteiger partial charge in [-0.25, -0.2) is 0 Å². The zero-order valence-corrected chi connectivity index (χ0v) is 9.46. The van der Waals surface area contributed by atoms with Crippen LogP contribution in [0.4, 0.5) is 0 Å². The zero-order chi connectivity index (χ0) is 11.8. The minimum atomic E-state index is -0.444. The highest BCUT2D eigenvalue weighted by Gasteiger charge is 2.06. The molecule has 0 saturated heterocycles. The first-order valence-electron chi connectivity index (χ1n) is 5.51. The van der Waals surface area contributed by atoms with Gasteiger partial charge >= 0.3 is 0 Å². The minimum absolute atomic E-state index is 0.0781. The zero-order valence-electron chi connectivity index (χ0n) is 9.46. The topological polar surface area (TPSA) is 80.0 Å². The number of hydrogen-bond acceptors (Lipinski definition) is 4. The van der Waals surface area contributed by atoms with E-state index in [0.717, 1.165) is 6.42 Å². The Kier molecular flexibility index (Phi) is 5.49. The first-order chi connectivity index (χ1) is 7.72. The molecule has 0 radical (unpaired) electrons. The fourth-order valence-electron chi connectivity index (χ4n) is 1.32. The summed E-state index contributed by atoms with van der Waals surface area (Å²) >= 11 is 0. The second kappa shape index (κ2) is 6.95. The van der Waals surface area contributed by atoms with Crippen molar-refractivity contribution >= 4 is 5.91 Å². The van der Waals surface area contributed by atoms with Gasteiger partial charge < -0.3 is 10.4 Å². The maximum atomic E-state index is 11.4. The van der Waals surface area contributed by atoms with E-state index in [1.54, 1.807) is 17.1 Å². The van der Waals surface area contributed by atoms with Crippen LogP contribution in [0.25, 0.3) is 0 Å². The van der Waals surface area contributed by atoms with Gasteiger partial charge in [-0.2, -0.15) is 0 Å². The van der Waals surface area contributed by atoms with Gasteiger partial charge in [-0.1, -0.05) is 18.6 Å². The Morgan fingerprint density at radius 1 is 1.62 bits per heavy atom. The fourth-order valence-corrected chi connectivity index (χ4v) is 1.32. The van der Waals surface area contributed by atoms with Gasteiger partial charge in [0.15, 0.2) is 0 Å². The molecule has 1 unspecified atom stereocenters. The number of nitrogens with zero attached hydrogens (tertiary/aromatic N) is 3. The highest BCUT2D eigenvalue weighted by atomic mass is 16.3. The van der Waals surface area contributed by atoms with Crippen molar-refractivity contribution in [1.29, 1.82) is 0 Å². The number of aryl methyl sites for hydroxylation is 1. The third-order valence-corrected chi connectivity index (χ3v) is 2.20. The van der Waals surface area contributed by atoms with Crippen LogP contribution in [0, 0.1) is 0 Å². The molecule has 16 heavy (non-hydrogen) atoms. The third kappa shape index (κ3) is 4.88. The Balaban J connectivity index is 2.11. The molecule has 1 heterocycles. The van der Waals surface area contributed by atoms with E-state index < -0.39 is 6.10 Å². The van der Waals surface area contributed by atoms with Crippen molar-refractivity contribution in [2.75, 3.05) is 6.54 Å². The number of aliphatic hydroxyl groups is 1. The van der Waals surface area contributed by atoms with E-state index in [2.05, 4.69) is 15.6 Å². The van der Waals surface area contributed by atoms with Crippen LogP contribution in [0.3, 0.4) is 0 Å². The molecule has 6 heteroatoms. The van der Waals surface area contributed by atoms with E-state index in [-0.39, 0.29) is 5.91 Å². The fraction of sp³-hybridized carbons (Fsp3) is 0.700. The molecule has 0 aliphatic heterocycles. The summed E-state index contributed by atoms with van der Waals surface area (Å²) in [5.41, 5.74) is 0. The Morgan fingerprint density at radius 2 is 2.44 bits per heavy atom. The summed E-state index contributed by atoms with van der Waals surface area (Å²) in [5.74, 6) is -0.0781. The number of carbonyl (C=O) groups is 1. The molecule has 0 fully saturated rings. The number of nitrogens with one attached hydrogen (secondary N) is 1. The predicted octanol–water partition coefficient (Wildman–Crippen LogP) is -0.0546. The molecule has 90 valence electrons. The Morgan fingerprint density at radius 3 is 3.06 bits per heavy atom. The number of amides is 1. The highest BCUT2D eigenvalue weighted by molar-refractivity contribution is 5.75. The summed E-state index contributed by atoms with van der Waals surface area (Å²) in [4.78, 5) is 11.4. The number of aromatic nitrogens is 3. The molecule has 0 bridgehead atoms. The van der Waals surface area contributed by atoms with Gasteiger partial charge in [0.2, 0.25) is 5.91 Å². The first-order valence-corrected chi connectivity index (χ1v) is 5.51. The predicted molar refractivity (Wildman–Crippen MR) is 58.6 cm³/mol. The van der Waals surface area contributed by atoms with Crippen molar-refractivity contribution in [3.05, 3.63) is 12.4 Å². The lowest BCUT2D eigenvalue weighted by molar-refractivity contribution is -0.121. The molecule has 0 spiro atoms. The lowest BCUT2D eigenvalue weighted by atomic mass is 10.2. The van der Waals surface area contributed by atoms with E-state index in [0.29, 0.717) is 25.9 Å². The number of carbonyl (C=O) groups excluding carboxylic acids is 1. The maximum absolute atomic E-state index is 11.4. The molecule has 1 aromatic heterocycles. The Hall–Kier alpha value is -1.43. The van der Waals surface area contributed by atoms with Crippen molar-refractivity contribution in [1.82, 2.24) is 20.3 Å². The molecule has 2 N–H and O–H groups in total. The van der Waals surface area contributed by atoms with Crippen molar-refractivity contribution in [3.63, 3.8) is 0 Å². The van der Waals surface area contributed by atoms with E-state index in [1.165, 1.54) is 0 Å². The van der Waals surface area contributed by atoms with Crippen LogP contribution in [-0.4, -0.2) is 38.7 Å². The van der Waals surface area contributed by atoms with Crippen molar-refractivity contribution in [2.45, 2.75) is 38.8 Å². The van der Waals surface area contributed by atoms with Crippen LogP contribution < -0.4 is 5.32 Å². The smallest absolute Gasteiger partial charge is 0.221 e. The first kappa shape index (κ1) is 12.6. The number of rotatable bonds is 7. The molecule has 1 aromatic rings. The molecule has 0 aliphatic carbocycles. The van der Waals surface area contributed by atoms with E-state index in [4.69, 9.17) is 0 Å². The largest absolute Gasteiger partial charge is 0.391 e. The number of hydrogen-bond donors (Lipinski definition) is 2. The Bertz CT molecular complexity index is 300. The molecular weight excluding hydrogens is 208 g/mol. The average molecular weight is 226 g/mol. The Labute approximate surface area is 94.7 Å². The number of aliphatic hydroxyl groups excluding tert-OH is 1. The van der Waals surface area contributed by atoms with Crippen LogP contribution in [0.15, 0.2) is 12.4 Å². The monoisotopic (exact) mass is 226 g/mol. The van der Waals surface area contributed by atoms with Gasteiger partial charge in [0.25, 0.3) is 0 Å². The van der Waals surface area contributed by atoms with Crippen LogP contribution in [0.2, 0.25) is 0 Å². The van der Waals surface area contributed by atoms with Crippen LogP contribution >= 0.6 is 0 Å². The van der Waals surface area contributed by atoms with Gasteiger partial charge in [0.05, 0.1) is 18.8 Å². The maximum Gasteiger partial charge on any atom is 0.221 e. The lowest BCUT2D eigenvalue weighted by Gasteiger charge is -2.10. The molecule has 0 aliphatic rings. The molecule has 0 saturated carbocycles. The van der Waals surface area contributed by atoms with Crippen LogP contribution in [-0.2, 0) is 11.3 Å². The second-order valence-electron chi connectivity index (χ2n) is 3.66. The van der Waals surface area contributed by atoms with E-state index in [9.17, 15) is 9.90 Å². The van der Waals surface area contributed by atoms with Crippen molar-refractivity contribution in [2.24, 2.45) is 0 Å². The molecule has 1 atom stereocenters. The SMILES string of the molecule is CCCC(O)CNC(=O)CCn1ccnn1. The van der Waals surface area contributed by atoms with Gasteiger partial charge in [0, 0.05) is 19.2 Å². The summed E-state index contributed by atoms with van der Waals surface area (Å²) < 4.78 is 1.60. The molecule has 1 amide bonds. The normalized spacial score (nSPS) is 12.4. The van der Waals surface area contributed by atoms with Gasteiger partial charge in [-0.3, -0.25) is 9.48 Å². The molecule has 0 aromatic carbocycles. The van der Waals surface area contributed by atoms with Gasteiger partial charge in [0.1, 0.15) is 0 Å². The quantitative estimate of drug-likeness (QED) is 0.683. The molecular formula is C10H18N4O2. The van der Waals surface area contributed by atoms with Gasteiger partial charge in [-0.15, -0.1) is 5.10 Å². The summed E-state index contributed by atoms with van der Waals surface area (Å²) in [6.07, 6.45) is 4.81. The highest BCUT2D eigenvalue weighted by Crippen LogP contribution is 1.94. The third-order valence-electron chi connectivity index (χ3n) is 2.20. The van der Waals surface area contributed by atoms with E-state index >= 15 is 0 Å². The molecule has 6 nitrogen and oxygen atoms in total. The van der Waals surface area contributed by atoms with Crippen molar-refractivity contribution in [3.8, 4) is 0 Å². The summed E-state index contributed by atoms with van der Waals surface area (Å²) in [7, 11) is 0. The average Bonchev–Trinajstić information content (AvgIpc) is 2.77. The summed E-state index contributed by atoms with van der Waals surface area (Å²) in [5, 5.41) is 19.5. The van der Waals surface area contributed by atoms with Crippen molar-refractivity contribution < 1.29 is 9.90 Å². The summed E-state index contributed by atoms with van der Waals surface area (Å²) in [6.45, 7) is 2.83. The van der Waals surface area contributed by atoms with Crippen LogP contribution in [0.1, 0.15) is 26.2 Å². The lowest BCUT2D eigenvalue weighted by Crippen LogP contribution is -2.32. The van der Waals surface area contributed by atoms with Crippen LogP contribution in [0.5, 0.6) is 0 Å². The molecule has 1 rings (SSSR count). The second-order valence-corrected chi connectivity index (χ2v) is 3.66. The standard InChI is InChI=1S/C10H18N4O2/c1-2-3-9(15)8-11-10(16)4-6-14-7-5-12-13-14/h5,7,9,15H,2-4,6,8H2,1H3,(H,11,16). The van der Waals surface area contributed by atoms with Gasteiger partial charge in [-0.05, 0) is 6.42 Å². The summed E-state index contributed by atoms with van der Waals surface area (Å²) in [6, 6.07) is 0.